The highest BCUT2D eigenvalue weighted by Gasteiger charge is 2.34. The first-order valence-electron chi connectivity index (χ1n) is 14.8. The Bertz CT molecular complexity index is 1340. The second-order valence-corrected chi connectivity index (χ2v) is 15.6. The number of amides is 1. The fraction of sp³-hybridized carbons (Fsp3) is 0.562. The quantitative estimate of drug-likeness (QED) is 0.326. The van der Waals surface area contributed by atoms with Crippen LogP contribution < -0.4 is 5.32 Å². The molecule has 3 atom stereocenters. The summed E-state index contributed by atoms with van der Waals surface area (Å²) in [6.45, 7) is 4.38. The van der Waals surface area contributed by atoms with Crippen molar-refractivity contribution in [1.82, 2.24) is 10.2 Å². The number of ether oxygens (including phenoxy) is 1. The maximum atomic E-state index is 13.5. The van der Waals surface area contributed by atoms with Gasteiger partial charge in [-0.2, -0.15) is 11.8 Å². The van der Waals surface area contributed by atoms with Crippen LogP contribution in [-0.4, -0.2) is 85.2 Å². The number of carboxylic acids is 1. The number of methoxy groups -OCH3 is 1. The number of benzene rings is 2. The molecule has 0 radical (unpaired) electrons. The van der Waals surface area contributed by atoms with Crippen molar-refractivity contribution >= 4 is 33.5 Å². The standard InChI is InChI=1S/C32H44N2O6S2/c1-22-9-7-8-12-27(22)29-17-23(13-14-28(29)31(35)33-30(32(36)37)15-16-42(3,38)39)19-34-20-26(18-24(34)21-40-2)41-25-10-5-4-6-11-25/h7-9,12-14,17,24-26,30H,4-6,10-11,15-16,18-21H2,1-3H3,(H,33,35)(H,36,37). The number of thioether (sulfide) groups is 1. The topological polar surface area (TPSA) is 113 Å². The summed E-state index contributed by atoms with van der Waals surface area (Å²) in [7, 11) is -1.62. The number of hydrogen-bond acceptors (Lipinski definition) is 7. The van der Waals surface area contributed by atoms with Gasteiger partial charge in [-0.15, -0.1) is 0 Å². The number of carboxylic acid groups (broad SMARTS) is 1. The molecule has 0 spiro atoms. The summed E-state index contributed by atoms with van der Waals surface area (Å²) in [5, 5.41) is 13.6. The molecule has 1 aliphatic carbocycles. The molecule has 10 heteroatoms. The Kier molecular flexibility index (Phi) is 11.5. The predicted molar refractivity (Wildman–Crippen MR) is 169 cm³/mol. The van der Waals surface area contributed by atoms with E-state index in [1.165, 1.54) is 32.1 Å². The van der Waals surface area contributed by atoms with E-state index < -0.39 is 27.8 Å². The molecule has 1 amide bonds. The molecule has 0 aromatic heterocycles. The summed E-state index contributed by atoms with van der Waals surface area (Å²) in [4.78, 5) is 27.8. The van der Waals surface area contributed by atoms with E-state index in [4.69, 9.17) is 4.74 Å². The van der Waals surface area contributed by atoms with E-state index in [1.807, 2.05) is 43.3 Å². The fourth-order valence-corrected chi connectivity index (χ4v) is 8.54. The molecule has 2 fully saturated rings. The molecule has 42 heavy (non-hydrogen) atoms. The molecule has 3 unspecified atom stereocenters. The molecule has 1 heterocycles. The average molecular weight is 617 g/mol. The van der Waals surface area contributed by atoms with Gasteiger partial charge in [-0.25, -0.2) is 13.2 Å². The molecule has 4 rings (SSSR count). The van der Waals surface area contributed by atoms with Gasteiger partial charge in [0.2, 0.25) is 0 Å². The van der Waals surface area contributed by atoms with E-state index in [1.54, 1.807) is 13.2 Å². The summed E-state index contributed by atoms with van der Waals surface area (Å²) in [6.07, 6.45) is 8.61. The summed E-state index contributed by atoms with van der Waals surface area (Å²) in [6, 6.07) is 12.6. The van der Waals surface area contributed by atoms with Gasteiger partial charge in [0.1, 0.15) is 15.9 Å². The van der Waals surface area contributed by atoms with Crippen molar-refractivity contribution in [1.29, 1.82) is 0 Å². The average Bonchev–Trinajstić information content (AvgIpc) is 3.31. The van der Waals surface area contributed by atoms with Crippen molar-refractivity contribution in [2.24, 2.45) is 0 Å². The summed E-state index contributed by atoms with van der Waals surface area (Å²) in [5.74, 6) is -2.13. The lowest BCUT2D eigenvalue weighted by Gasteiger charge is -2.25. The van der Waals surface area contributed by atoms with Crippen LogP contribution >= 0.6 is 11.8 Å². The predicted octanol–water partition coefficient (Wildman–Crippen LogP) is 4.93. The number of sulfone groups is 1. The molecule has 2 aliphatic rings. The summed E-state index contributed by atoms with van der Waals surface area (Å²) in [5.41, 5.74) is 4.05. The molecule has 230 valence electrons. The largest absolute Gasteiger partial charge is 0.480 e. The van der Waals surface area contributed by atoms with Crippen LogP contribution in [-0.2, 0) is 25.9 Å². The van der Waals surface area contributed by atoms with Gasteiger partial charge in [0.25, 0.3) is 5.91 Å². The number of nitrogens with one attached hydrogen (secondary N) is 1. The Morgan fingerprint density at radius 2 is 1.83 bits per heavy atom. The van der Waals surface area contributed by atoms with Crippen LogP contribution in [0.3, 0.4) is 0 Å². The van der Waals surface area contributed by atoms with Crippen LogP contribution in [0.15, 0.2) is 42.5 Å². The maximum absolute atomic E-state index is 13.5. The van der Waals surface area contributed by atoms with Crippen LogP contribution in [0.25, 0.3) is 11.1 Å². The van der Waals surface area contributed by atoms with Gasteiger partial charge in [0.05, 0.1) is 12.4 Å². The second-order valence-electron chi connectivity index (χ2n) is 11.8. The Hall–Kier alpha value is -2.40. The number of aliphatic carboxylic acids is 1. The van der Waals surface area contributed by atoms with Gasteiger partial charge in [-0.3, -0.25) is 9.69 Å². The minimum Gasteiger partial charge on any atom is -0.480 e. The zero-order valence-electron chi connectivity index (χ0n) is 24.9. The normalized spacial score (nSPS) is 20.8. The Balaban J connectivity index is 1.57. The molecule has 2 N–H and O–H groups in total. The van der Waals surface area contributed by atoms with Gasteiger partial charge in [0.15, 0.2) is 0 Å². The number of carbonyl (C=O) groups excluding carboxylic acids is 1. The zero-order valence-corrected chi connectivity index (χ0v) is 26.5. The molecule has 1 aliphatic heterocycles. The van der Waals surface area contributed by atoms with Crippen molar-refractivity contribution in [2.75, 3.05) is 32.3 Å². The van der Waals surface area contributed by atoms with Gasteiger partial charge >= 0.3 is 5.97 Å². The molecular formula is C32H44N2O6S2. The summed E-state index contributed by atoms with van der Waals surface area (Å²) < 4.78 is 28.9. The SMILES string of the molecule is COCC1CC(SC2CCCCC2)CN1Cc1ccc(C(=O)NC(CCS(C)(=O)=O)C(=O)O)c(-c2ccccc2C)c1. The van der Waals surface area contributed by atoms with E-state index in [2.05, 4.69) is 22.0 Å². The monoisotopic (exact) mass is 616 g/mol. The molecular weight excluding hydrogens is 572 g/mol. The minimum atomic E-state index is -3.38. The van der Waals surface area contributed by atoms with E-state index in [9.17, 15) is 23.1 Å². The Morgan fingerprint density at radius 1 is 1.10 bits per heavy atom. The molecule has 1 saturated heterocycles. The van der Waals surface area contributed by atoms with E-state index >= 15 is 0 Å². The molecule has 1 saturated carbocycles. The Morgan fingerprint density at radius 3 is 2.50 bits per heavy atom. The van der Waals surface area contributed by atoms with Gasteiger partial charge in [-0.1, -0.05) is 49.6 Å². The van der Waals surface area contributed by atoms with E-state index in [-0.39, 0.29) is 12.2 Å². The highest BCUT2D eigenvalue weighted by atomic mass is 32.2. The van der Waals surface area contributed by atoms with Crippen LogP contribution in [0.2, 0.25) is 0 Å². The lowest BCUT2D eigenvalue weighted by atomic mass is 9.93. The summed E-state index contributed by atoms with van der Waals surface area (Å²) >= 11 is 2.16. The minimum absolute atomic E-state index is 0.201. The highest BCUT2D eigenvalue weighted by molar-refractivity contribution is 8.00. The third-order valence-corrected chi connectivity index (χ3v) is 10.9. The van der Waals surface area contributed by atoms with Crippen LogP contribution in [0.4, 0.5) is 0 Å². The lowest BCUT2D eigenvalue weighted by molar-refractivity contribution is -0.139. The molecule has 8 nitrogen and oxygen atoms in total. The fourth-order valence-electron chi connectivity index (χ4n) is 6.11. The number of aryl methyl sites for hydroxylation is 1. The van der Waals surface area contributed by atoms with Gasteiger partial charge in [-0.05, 0) is 67.0 Å². The highest BCUT2D eigenvalue weighted by Crippen LogP contribution is 2.37. The van der Waals surface area contributed by atoms with Crippen molar-refractivity contribution in [3.63, 3.8) is 0 Å². The van der Waals surface area contributed by atoms with Gasteiger partial charge in [0, 0.05) is 48.6 Å². The lowest BCUT2D eigenvalue weighted by Crippen LogP contribution is -2.42. The van der Waals surface area contributed by atoms with Crippen LogP contribution in [0, 0.1) is 6.92 Å². The smallest absolute Gasteiger partial charge is 0.326 e. The first kappa shape index (κ1) is 32.5. The number of rotatable bonds is 13. The first-order valence-corrected chi connectivity index (χ1v) is 17.8. The van der Waals surface area contributed by atoms with Crippen molar-refractivity contribution in [3.8, 4) is 11.1 Å². The third-order valence-electron chi connectivity index (χ3n) is 8.32. The van der Waals surface area contributed by atoms with Crippen molar-refractivity contribution in [2.45, 2.75) is 81.0 Å². The number of nitrogens with zero attached hydrogens (tertiary/aromatic N) is 1. The molecule has 2 aromatic rings. The number of carbonyl (C=O) groups is 2. The zero-order chi connectivity index (χ0) is 30.3. The Labute approximate surface area is 254 Å². The number of hydrogen-bond donors (Lipinski definition) is 2. The first-order chi connectivity index (χ1) is 20.0. The maximum Gasteiger partial charge on any atom is 0.326 e. The van der Waals surface area contributed by atoms with Crippen LogP contribution in [0.5, 0.6) is 0 Å². The van der Waals surface area contributed by atoms with Crippen molar-refractivity contribution in [3.05, 3.63) is 59.2 Å². The molecule has 0 bridgehead atoms. The van der Waals surface area contributed by atoms with E-state index in [0.29, 0.717) is 23.5 Å². The van der Waals surface area contributed by atoms with Crippen LogP contribution in [0.1, 0.15) is 66.4 Å². The van der Waals surface area contributed by atoms with Gasteiger partial charge < -0.3 is 15.2 Å². The number of likely N-dealkylation sites (tertiary alicyclic amines) is 1. The van der Waals surface area contributed by atoms with E-state index in [0.717, 1.165) is 53.3 Å². The van der Waals surface area contributed by atoms with Crippen molar-refractivity contribution < 1.29 is 27.9 Å². The second kappa shape index (κ2) is 14.9. The molecule has 2 aromatic carbocycles. The third kappa shape index (κ3) is 9.05.